The molecule has 0 bridgehead atoms. The Balaban J connectivity index is 1.88. The minimum absolute atomic E-state index is 0.487. The van der Waals surface area contributed by atoms with Crippen LogP contribution in [0, 0.1) is 5.41 Å². The molecule has 0 aromatic carbocycles. The third kappa shape index (κ3) is 4.48. The van der Waals surface area contributed by atoms with Crippen LogP contribution in [0.2, 0.25) is 0 Å². The maximum atomic E-state index is 10.5. The summed E-state index contributed by atoms with van der Waals surface area (Å²) in [7, 11) is 0. The van der Waals surface area contributed by atoms with E-state index in [0.717, 1.165) is 24.5 Å². The van der Waals surface area contributed by atoms with Crippen molar-refractivity contribution >= 4 is 23.4 Å². The lowest BCUT2D eigenvalue weighted by atomic mass is 9.83. The summed E-state index contributed by atoms with van der Waals surface area (Å²) in [6, 6.07) is 4.10. The molecule has 0 spiro atoms. The maximum Gasteiger partial charge on any atom is 0.328 e. The van der Waals surface area contributed by atoms with Crippen LogP contribution in [0.4, 0.5) is 0 Å². The molecule has 1 aliphatic rings. The molecule has 1 saturated heterocycles. The van der Waals surface area contributed by atoms with E-state index in [1.165, 1.54) is 23.8 Å². The van der Waals surface area contributed by atoms with Gasteiger partial charge in [0.1, 0.15) is 0 Å². The van der Waals surface area contributed by atoms with E-state index < -0.39 is 5.97 Å². The molecule has 1 N–H and O–H groups in total. The molecular weight excluding hydrogens is 258 g/mol. The highest BCUT2D eigenvalue weighted by molar-refractivity contribution is 7.12. The zero-order chi connectivity index (χ0) is 13.9. The van der Waals surface area contributed by atoms with Crippen LogP contribution in [0.15, 0.2) is 18.2 Å². The van der Waals surface area contributed by atoms with Crippen LogP contribution < -0.4 is 0 Å². The van der Waals surface area contributed by atoms with E-state index in [2.05, 4.69) is 24.8 Å². The van der Waals surface area contributed by atoms with Crippen LogP contribution in [0.25, 0.3) is 6.08 Å². The molecule has 0 aliphatic carbocycles. The third-order valence-corrected chi connectivity index (χ3v) is 4.70. The largest absolute Gasteiger partial charge is 0.478 e. The van der Waals surface area contributed by atoms with Gasteiger partial charge in [-0.2, -0.15) is 0 Å². The van der Waals surface area contributed by atoms with Gasteiger partial charge >= 0.3 is 5.97 Å². The van der Waals surface area contributed by atoms with Gasteiger partial charge in [-0.25, -0.2) is 4.79 Å². The molecule has 19 heavy (non-hydrogen) atoms. The van der Waals surface area contributed by atoms with E-state index >= 15 is 0 Å². The standard InChI is InChI=1S/C15H21NO2S/c1-15(2)7-9-16(10-8-15)11-13-4-3-12(19-13)5-6-14(17)18/h3-6H,7-11H2,1-2H3,(H,17,18). The molecule has 104 valence electrons. The van der Waals surface area contributed by atoms with Gasteiger partial charge in [0.15, 0.2) is 0 Å². The van der Waals surface area contributed by atoms with E-state index in [0.29, 0.717) is 5.41 Å². The minimum Gasteiger partial charge on any atom is -0.478 e. The Kier molecular flexibility index (Phi) is 4.42. The van der Waals surface area contributed by atoms with Gasteiger partial charge in [0.25, 0.3) is 0 Å². The van der Waals surface area contributed by atoms with Crippen LogP contribution in [0.1, 0.15) is 36.4 Å². The molecule has 0 amide bonds. The number of nitrogens with zero attached hydrogens (tertiary/aromatic N) is 1. The van der Waals surface area contributed by atoms with Gasteiger partial charge in [-0.15, -0.1) is 11.3 Å². The first-order valence-electron chi connectivity index (χ1n) is 6.67. The van der Waals surface area contributed by atoms with E-state index in [1.54, 1.807) is 17.4 Å². The monoisotopic (exact) mass is 279 g/mol. The van der Waals surface area contributed by atoms with Crippen molar-refractivity contribution in [3.63, 3.8) is 0 Å². The number of hydrogen-bond donors (Lipinski definition) is 1. The summed E-state index contributed by atoms with van der Waals surface area (Å²) < 4.78 is 0. The summed E-state index contributed by atoms with van der Waals surface area (Å²) in [5, 5.41) is 8.60. The number of carbonyl (C=O) groups is 1. The lowest BCUT2D eigenvalue weighted by molar-refractivity contribution is -0.131. The Bertz CT molecular complexity index is 466. The van der Waals surface area contributed by atoms with Gasteiger partial charge in [0.05, 0.1) is 0 Å². The SMILES string of the molecule is CC1(C)CCN(Cc2ccc(C=CC(=O)O)s2)CC1. The Morgan fingerprint density at radius 3 is 2.74 bits per heavy atom. The van der Waals surface area contributed by atoms with Gasteiger partial charge in [-0.3, -0.25) is 4.90 Å². The molecule has 1 aromatic rings. The first-order valence-corrected chi connectivity index (χ1v) is 7.48. The van der Waals surface area contributed by atoms with Crippen LogP contribution in [0.5, 0.6) is 0 Å². The summed E-state index contributed by atoms with van der Waals surface area (Å²) in [6.45, 7) is 7.98. The highest BCUT2D eigenvalue weighted by Crippen LogP contribution is 2.31. The molecule has 0 saturated carbocycles. The molecule has 2 rings (SSSR count). The fraction of sp³-hybridized carbons (Fsp3) is 0.533. The quantitative estimate of drug-likeness (QED) is 0.858. The smallest absolute Gasteiger partial charge is 0.328 e. The van der Waals surface area contributed by atoms with E-state index in [4.69, 9.17) is 5.11 Å². The van der Waals surface area contributed by atoms with E-state index in [9.17, 15) is 4.79 Å². The third-order valence-electron chi connectivity index (χ3n) is 3.66. The Hall–Kier alpha value is -1.13. The van der Waals surface area contributed by atoms with Gasteiger partial charge in [0.2, 0.25) is 0 Å². The number of carboxylic acids is 1. The Labute approximate surface area is 118 Å². The molecule has 1 aromatic heterocycles. The average Bonchev–Trinajstić information content (AvgIpc) is 2.77. The van der Waals surface area contributed by atoms with Crippen molar-refractivity contribution in [2.45, 2.75) is 33.2 Å². The summed E-state index contributed by atoms with van der Waals surface area (Å²) >= 11 is 1.68. The van der Waals surface area contributed by atoms with E-state index in [1.807, 2.05) is 6.07 Å². The lowest BCUT2D eigenvalue weighted by Gasteiger charge is -2.36. The first kappa shape index (κ1) is 14.3. The van der Waals surface area contributed by atoms with Gasteiger partial charge in [0, 0.05) is 22.4 Å². The average molecular weight is 279 g/mol. The molecule has 0 unspecified atom stereocenters. The predicted octanol–water partition coefficient (Wildman–Crippen LogP) is 3.47. The highest BCUT2D eigenvalue weighted by atomic mass is 32.1. The fourth-order valence-corrected chi connectivity index (χ4v) is 3.22. The summed E-state index contributed by atoms with van der Waals surface area (Å²) in [5.74, 6) is -0.895. The van der Waals surface area contributed by atoms with Crippen LogP contribution in [0.3, 0.4) is 0 Å². The molecular formula is C15H21NO2S. The second-order valence-corrected chi connectivity index (χ2v) is 7.12. The predicted molar refractivity (Wildman–Crippen MR) is 79.3 cm³/mol. The summed E-state index contributed by atoms with van der Waals surface area (Å²) in [4.78, 5) is 15.3. The molecule has 1 aliphatic heterocycles. The zero-order valence-corrected chi connectivity index (χ0v) is 12.4. The fourth-order valence-electron chi connectivity index (χ4n) is 2.26. The van der Waals surface area contributed by atoms with Crippen molar-refractivity contribution in [1.29, 1.82) is 0 Å². The summed E-state index contributed by atoms with van der Waals surface area (Å²) in [6.07, 6.45) is 5.36. The van der Waals surface area contributed by atoms with Crippen molar-refractivity contribution in [2.24, 2.45) is 5.41 Å². The number of thiophene rings is 1. The topological polar surface area (TPSA) is 40.5 Å². The zero-order valence-electron chi connectivity index (χ0n) is 11.6. The lowest BCUT2D eigenvalue weighted by Crippen LogP contribution is -2.36. The highest BCUT2D eigenvalue weighted by Gasteiger charge is 2.25. The first-order chi connectivity index (χ1) is 8.94. The number of likely N-dealkylation sites (tertiary alicyclic amines) is 1. The minimum atomic E-state index is -0.895. The Morgan fingerprint density at radius 2 is 2.11 bits per heavy atom. The van der Waals surface area contributed by atoms with E-state index in [-0.39, 0.29) is 0 Å². The van der Waals surface area contributed by atoms with Gasteiger partial charge in [-0.05, 0) is 49.6 Å². The maximum absolute atomic E-state index is 10.5. The van der Waals surface area contributed by atoms with Crippen molar-refractivity contribution in [1.82, 2.24) is 4.90 Å². The number of aliphatic carboxylic acids is 1. The molecule has 0 atom stereocenters. The molecule has 2 heterocycles. The molecule has 3 nitrogen and oxygen atoms in total. The number of piperidine rings is 1. The van der Waals surface area contributed by atoms with Crippen molar-refractivity contribution < 1.29 is 9.90 Å². The Morgan fingerprint density at radius 1 is 1.42 bits per heavy atom. The summed E-state index contributed by atoms with van der Waals surface area (Å²) in [5.41, 5.74) is 0.487. The van der Waals surface area contributed by atoms with Crippen LogP contribution >= 0.6 is 11.3 Å². The van der Waals surface area contributed by atoms with Crippen LogP contribution in [-0.4, -0.2) is 29.1 Å². The molecule has 4 heteroatoms. The van der Waals surface area contributed by atoms with Crippen molar-refractivity contribution in [3.8, 4) is 0 Å². The van der Waals surface area contributed by atoms with Gasteiger partial charge < -0.3 is 5.11 Å². The van der Waals surface area contributed by atoms with Crippen LogP contribution in [-0.2, 0) is 11.3 Å². The second kappa shape index (κ2) is 5.88. The molecule has 0 radical (unpaired) electrons. The number of carboxylic acid groups (broad SMARTS) is 1. The van der Waals surface area contributed by atoms with Gasteiger partial charge in [-0.1, -0.05) is 13.8 Å². The number of hydrogen-bond acceptors (Lipinski definition) is 3. The molecule has 1 fully saturated rings. The second-order valence-electron chi connectivity index (χ2n) is 5.92. The number of rotatable bonds is 4. The normalized spacial score (nSPS) is 19.9. The van der Waals surface area contributed by atoms with Crippen molar-refractivity contribution in [2.75, 3.05) is 13.1 Å². The van der Waals surface area contributed by atoms with Crippen molar-refractivity contribution in [3.05, 3.63) is 28.0 Å².